The maximum atomic E-state index is 11.1. The number of ether oxygens (including phenoxy) is 1. The van der Waals surface area contributed by atoms with Gasteiger partial charge in [0.2, 0.25) is 0 Å². The van der Waals surface area contributed by atoms with Crippen molar-refractivity contribution in [1.29, 1.82) is 0 Å². The fraction of sp³-hybridized carbons (Fsp3) is 0.667. The van der Waals surface area contributed by atoms with Crippen LogP contribution >= 0.6 is 0 Å². The highest BCUT2D eigenvalue weighted by Crippen LogP contribution is 2.27. The summed E-state index contributed by atoms with van der Waals surface area (Å²) in [5.41, 5.74) is -0.567. The zero-order chi connectivity index (χ0) is 13.8. The first kappa shape index (κ1) is 14.5. The summed E-state index contributed by atoms with van der Waals surface area (Å²) in [5, 5.41) is 17.8. The fourth-order valence-corrected chi connectivity index (χ4v) is 2.13. The van der Waals surface area contributed by atoms with E-state index in [-0.39, 0.29) is 11.3 Å². The van der Waals surface area contributed by atoms with Gasteiger partial charge in [-0.15, -0.1) is 0 Å². The normalized spacial score (nSPS) is 19.7. The summed E-state index contributed by atoms with van der Waals surface area (Å²) in [5.74, 6) is -2.47. The quantitative estimate of drug-likeness (QED) is 0.712. The van der Waals surface area contributed by atoms with Crippen LogP contribution < -0.4 is 0 Å². The Hall–Kier alpha value is -1.56. The van der Waals surface area contributed by atoms with Crippen LogP contribution in [0.4, 0.5) is 0 Å². The molecule has 0 spiro atoms. The number of carboxylic acid groups (broad SMARTS) is 2. The van der Waals surface area contributed by atoms with Crippen LogP contribution in [0.25, 0.3) is 0 Å². The molecular weight excluding hydrogens is 238 g/mol. The first-order valence-electron chi connectivity index (χ1n) is 6.01. The molecule has 1 rings (SSSR count). The lowest BCUT2D eigenvalue weighted by Gasteiger charge is -2.42. The topological polar surface area (TPSA) is 87.1 Å². The minimum atomic E-state index is -1.25. The summed E-state index contributed by atoms with van der Waals surface area (Å²) in [4.78, 5) is 23.3. The summed E-state index contributed by atoms with van der Waals surface area (Å²) in [6.45, 7) is 5.17. The van der Waals surface area contributed by atoms with Crippen molar-refractivity contribution in [2.45, 2.75) is 32.3 Å². The van der Waals surface area contributed by atoms with Gasteiger partial charge in [-0.05, 0) is 12.8 Å². The number of carbonyl (C=O) groups is 2. The van der Waals surface area contributed by atoms with Crippen LogP contribution in [-0.2, 0) is 14.3 Å². The van der Waals surface area contributed by atoms with Crippen molar-refractivity contribution in [2.75, 3.05) is 19.7 Å². The van der Waals surface area contributed by atoms with Gasteiger partial charge in [-0.3, -0.25) is 0 Å². The van der Waals surface area contributed by atoms with E-state index in [4.69, 9.17) is 14.9 Å². The first-order chi connectivity index (χ1) is 8.44. The molecule has 0 aromatic rings. The average molecular weight is 257 g/mol. The Kier molecular flexibility index (Phi) is 4.72. The zero-order valence-electron chi connectivity index (χ0n) is 10.7. The Morgan fingerprint density at radius 2 is 1.94 bits per heavy atom. The van der Waals surface area contributed by atoms with Crippen molar-refractivity contribution in [1.82, 2.24) is 4.90 Å². The van der Waals surface area contributed by atoms with Gasteiger partial charge in [-0.1, -0.05) is 13.8 Å². The second-order valence-corrected chi connectivity index (χ2v) is 4.33. The van der Waals surface area contributed by atoms with Crippen LogP contribution in [0.2, 0.25) is 0 Å². The number of carboxylic acids is 2. The van der Waals surface area contributed by atoms with Crippen molar-refractivity contribution in [3.8, 4) is 0 Å². The van der Waals surface area contributed by atoms with Crippen molar-refractivity contribution >= 4 is 11.9 Å². The Bertz CT molecular complexity index is 359. The molecule has 102 valence electrons. The number of morpholine rings is 1. The summed E-state index contributed by atoms with van der Waals surface area (Å²) in [7, 11) is 0. The molecule has 0 amide bonds. The van der Waals surface area contributed by atoms with E-state index in [1.54, 1.807) is 4.90 Å². The molecule has 18 heavy (non-hydrogen) atoms. The Balaban J connectivity index is 2.93. The van der Waals surface area contributed by atoms with Crippen molar-refractivity contribution in [3.05, 3.63) is 11.8 Å². The summed E-state index contributed by atoms with van der Waals surface area (Å²) in [6, 6.07) is 0. The highest BCUT2D eigenvalue weighted by Gasteiger charge is 2.35. The van der Waals surface area contributed by atoms with Gasteiger partial charge in [0, 0.05) is 13.1 Å². The molecule has 6 heteroatoms. The third-order valence-corrected chi connectivity index (χ3v) is 3.36. The molecule has 0 unspecified atom stereocenters. The predicted octanol–water partition coefficient (Wildman–Crippen LogP) is 0.930. The highest BCUT2D eigenvalue weighted by molar-refractivity contribution is 5.94. The minimum Gasteiger partial charge on any atom is -0.478 e. The molecule has 1 heterocycles. The molecule has 2 N–H and O–H groups in total. The lowest BCUT2D eigenvalue weighted by molar-refractivity contribution is -0.140. The second-order valence-electron chi connectivity index (χ2n) is 4.33. The number of hydrogen-bond acceptors (Lipinski definition) is 4. The van der Waals surface area contributed by atoms with Crippen LogP contribution in [0, 0.1) is 0 Å². The third kappa shape index (κ3) is 3.22. The fourth-order valence-electron chi connectivity index (χ4n) is 2.13. The maximum Gasteiger partial charge on any atom is 0.352 e. The van der Waals surface area contributed by atoms with Crippen molar-refractivity contribution in [3.63, 3.8) is 0 Å². The molecule has 0 aromatic heterocycles. The number of rotatable bonds is 5. The van der Waals surface area contributed by atoms with Gasteiger partial charge in [0.1, 0.15) is 5.70 Å². The summed E-state index contributed by atoms with van der Waals surface area (Å²) < 4.78 is 5.72. The van der Waals surface area contributed by atoms with E-state index in [2.05, 4.69) is 0 Å². The van der Waals surface area contributed by atoms with E-state index in [9.17, 15) is 9.59 Å². The second kappa shape index (κ2) is 5.86. The van der Waals surface area contributed by atoms with E-state index < -0.39 is 11.9 Å². The van der Waals surface area contributed by atoms with E-state index in [1.165, 1.54) is 0 Å². The van der Waals surface area contributed by atoms with E-state index in [1.807, 2.05) is 13.8 Å². The summed E-state index contributed by atoms with van der Waals surface area (Å²) in [6.07, 6.45) is 2.27. The van der Waals surface area contributed by atoms with Crippen LogP contribution in [0.5, 0.6) is 0 Å². The number of nitrogens with zero attached hydrogens (tertiary/aromatic N) is 1. The van der Waals surface area contributed by atoms with Gasteiger partial charge >= 0.3 is 11.9 Å². The molecule has 1 fully saturated rings. The molecule has 0 aliphatic carbocycles. The molecular formula is C12H19NO5. The Morgan fingerprint density at radius 3 is 2.39 bits per heavy atom. The molecule has 0 saturated carbocycles. The molecule has 1 saturated heterocycles. The van der Waals surface area contributed by atoms with E-state index in [0.717, 1.165) is 18.9 Å². The van der Waals surface area contributed by atoms with Gasteiger partial charge in [-0.25, -0.2) is 9.59 Å². The average Bonchev–Trinajstić information content (AvgIpc) is 2.35. The lowest BCUT2D eigenvalue weighted by atomic mass is 9.94. The van der Waals surface area contributed by atoms with Crippen molar-refractivity contribution < 1.29 is 24.5 Å². The van der Waals surface area contributed by atoms with Crippen LogP contribution in [-0.4, -0.2) is 52.3 Å². The minimum absolute atomic E-state index is 0.183. The molecule has 0 bridgehead atoms. The molecule has 1 aliphatic rings. The molecule has 1 aliphatic heterocycles. The lowest BCUT2D eigenvalue weighted by Crippen LogP contribution is -2.51. The van der Waals surface area contributed by atoms with Gasteiger partial charge in [-0.2, -0.15) is 0 Å². The standard InChI is InChI=1S/C12H19NO5/c1-3-12(4-2)8-13(5-6-18-12)9(11(16)17)7-10(14)15/h7H,3-6,8H2,1-2H3,(H,14,15)(H,16,17). The Morgan fingerprint density at radius 1 is 1.33 bits per heavy atom. The molecule has 0 aromatic carbocycles. The van der Waals surface area contributed by atoms with Crippen LogP contribution in [0.3, 0.4) is 0 Å². The SMILES string of the molecule is CCC1(CC)CN(C(=CC(=O)O)C(=O)O)CCO1. The van der Waals surface area contributed by atoms with Gasteiger partial charge in [0.25, 0.3) is 0 Å². The van der Waals surface area contributed by atoms with Crippen LogP contribution in [0.15, 0.2) is 11.8 Å². The molecule has 0 atom stereocenters. The smallest absolute Gasteiger partial charge is 0.352 e. The van der Waals surface area contributed by atoms with E-state index >= 15 is 0 Å². The molecule has 0 radical (unpaired) electrons. The largest absolute Gasteiger partial charge is 0.478 e. The monoisotopic (exact) mass is 257 g/mol. The maximum absolute atomic E-state index is 11.1. The molecule has 6 nitrogen and oxygen atoms in total. The van der Waals surface area contributed by atoms with Crippen LogP contribution in [0.1, 0.15) is 26.7 Å². The highest BCUT2D eigenvalue weighted by atomic mass is 16.5. The number of aliphatic carboxylic acids is 2. The number of hydrogen-bond donors (Lipinski definition) is 2. The predicted molar refractivity (Wildman–Crippen MR) is 64.2 cm³/mol. The van der Waals surface area contributed by atoms with Gasteiger partial charge in [0.05, 0.1) is 18.3 Å². The summed E-state index contributed by atoms with van der Waals surface area (Å²) >= 11 is 0. The van der Waals surface area contributed by atoms with Gasteiger partial charge < -0.3 is 19.8 Å². The zero-order valence-corrected chi connectivity index (χ0v) is 10.7. The van der Waals surface area contributed by atoms with Crippen molar-refractivity contribution in [2.24, 2.45) is 0 Å². The first-order valence-corrected chi connectivity index (χ1v) is 6.01. The third-order valence-electron chi connectivity index (χ3n) is 3.36. The Labute approximate surface area is 106 Å². The van der Waals surface area contributed by atoms with E-state index in [0.29, 0.717) is 19.7 Å². The van der Waals surface area contributed by atoms with Gasteiger partial charge in [0.15, 0.2) is 0 Å².